The fourth-order valence-corrected chi connectivity index (χ4v) is 4.63. The van der Waals surface area contributed by atoms with Gasteiger partial charge in [0, 0.05) is 55.9 Å². The minimum atomic E-state index is -0.538. The number of rotatable bonds is 9. The zero-order chi connectivity index (χ0) is 27.9. The number of anilines is 3. The summed E-state index contributed by atoms with van der Waals surface area (Å²) in [5, 5.41) is 16.7. The van der Waals surface area contributed by atoms with Crippen molar-refractivity contribution in [1.29, 1.82) is 5.26 Å². The molecule has 1 aliphatic heterocycles. The second kappa shape index (κ2) is 12.9. The van der Waals surface area contributed by atoms with Crippen molar-refractivity contribution in [2.24, 2.45) is 0 Å². The van der Waals surface area contributed by atoms with E-state index in [9.17, 15) is 14.4 Å². The third-order valence-electron chi connectivity index (χ3n) is 6.58. The Labute approximate surface area is 233 Å². The van der Waals surface area contributed by atoms with Crippen molar-refractivity contribution in [3.63, 3.8) is 0 Å². The van der Waals surface area contributed by atoms with Crippen LogP contribution in [-0.2, 0) is 11.2 Å². The summed E-state index contributed by atoms with van der Waals surface area (Å²) >= 11 is 6.00. The lowest BCUT2D eigenvalue weighted by Crippen LogP contribution is -2.44. The predicted octanol–water partition coefficient (Wildman–Crippen LogP) is 5.35. The van der Waals surface area contributed by atoms with Crippen molar-refractivity contribution in [3.8, 4) is 11.8 Å². The molecule has 10 heteroatoms. The highest BCUT2D eigenvalue weighted by Crippen LogP contribution is 2.38. The third-order valence-corrected chi connectivity index (χ3v) is 6.87. The zero-order valence-electron chi connectivity index (χ0n) is 22.4. The second-order valence-electron chi connectivity index (χ2n) is 9.32. The quantitative estimate of drug-likeness (QED) is 0.347. The fraction of sp³-hybridized carbons (Fsp3) is 0.345. The number of amides is 1. The SMILES string of the molecule is CCOc1cc2nc(CC)c(C#N)c(Nc3ccc(F)c(Cl)c3)c2cc1NC(=O)/C=C/CN1CCN(C)CC1. The van der Waals surface area contributed by atoms with E-state index >= 15 is 0 Å². The monoisotopic (exact) mass is 550 g/mol. The maximum absolute atomic E-state index is 13.8. The average molecular weight is 551 g/mol. The lowest BCUT2D eigenvalue weighted by molar-refractivity contribution is -0.111. The van der Waals surface area contributed by atoms with E-state index in [1.54, 1.807) is 18.2 Å². The minimum absolute atomic E-state index is 0.0393. The van der Waals surface area contributed by atoms with Crippen molar-refractivity contribution in [2.75, 3.05) is 57.0 Å². The molecule has 0 unspecified atom stereocenters. The summed E-state index contributed by atoms with van der Waals surface area (Å²) in [5.41, 5.74) is 3.01. The van der Waals surface area contributed by atoms with Crippen LogP contribution in [0.2, 0.25) is 5.02 Å². The molecule has 2 N–H and O–H groups in total. The van der Waals surface area contributed by atoms with Crippen LogP contribution in [0.15, 0.2) is 42.5 Å². The van der Waals surface area contributed by atoms with Gasteiger partial charge in [-0.3, -0.25) is 14.7 Å². The van der Waals surface area contributed by atoms with Crippen LogP contribution in [0.5, 0.6) is 5.75 Å². The number of aryl methyl sites for hydroxylation is 1. The molecule has 1 amide bonds. The lowest BCUT2D eigenvalue weighted by Gasteiger charge is -2.31. The largest absolute Gasteiger partial charge is 0.492 e. The molecule has 8 nitrogen and oxygen atoms in total. The van der Waals surface area contributed by atoms with Crippen LogP contribution in [0.1, 0.15) is 25.1 Å². The Morgan fingerprint density at radius 2 is 2.00 bits per heavy atom. The Morgan fingerprint density at radius 1 is 1.23 bits per heavy atom. The number of benzene rings is 2. The number of piperazine rings is 1. The molecular formula is C29H32ClFN6O2. The molecule has 0 bridgehead atoms. The molecule has 204 valence electrons. The molecule has 3 aromatic rings. The molecule has 1 saturated heterocycles. The summed E-state index contributed by atoms with van der Waals surface area (Å²) in [4.78, 5) is 22.1. The highest BCUT2D eigenvalue weighted by molar-refractivity contribution is 6.31. The number of nitriles is 1. The van der Waals surface area contributed by atoms with Crippen LogP contribution < -0.4 is 15.4 Å². The normalized spacial score (nSPS) is 14.5. The Kier molecular flexibility index (Phi) is 9.36. The summed E-state index contributed by atoms with van der Waals surface area (Å²) in [6.45, 7) is 8.81. The molecule has 2 heterocycles. The van der Waals surface area contributed by atoms with Gasteiger partial charge in [0.2, 0.25) is 5.91 Å². The Morgan fingerprint density at radius 3 is 2.67 bits per heavy atom. The first-order chi connectivity index (χ1) is 18.8. The van der Waals surface area contributed by atoms with Gasteiger partial charge in [0.05, 0.1) is 39.8 Å². The number of carbonyl (C=O) groups is 1. The summed E-state index contributed by atoms with van der Waals surface area (Å²) in [5.74, 6) is -0.354. The van der Waals surface area contributed by atoms with Gasteiger partial charge >= 0.3 is 0 Å². The van der Waals surface area contributed by atoms with Crippen molar-refractivity contribution in [3.05, 3.63) is 64.6 Å². The van der Waals surface area contributed by atoms with E-state index in [1.807, 2.05) is 19.9 Å². The third kappa shape index (κ3) is 6.84. The van der Waals surface area contributed by atoms with Gasteiger partial charge in [-0.15, -0.1) is 0 Å². The van der Waals surface area contributed by atoms with Gasteiger partial charge in [0.25, 0.3) is 0 Å². The van der Waals surface area contributed by atoms with Gasteiger partial charge in [-0.1, -0.05) is 24.6 Å². The van der Waals surface area contributed by atoms with Crippen LogP contribution >= 0.6 is 11.6 Å². The number of halogens is 2. The first-order valence-electron chi connectivity index (χ1n) is 13.0. The van der Waals surface area contributed by atoms with Crippen LogP contribution in [0, 0.1) is 17.1 Å². The van der Waals surface area contributed by atoms with Gasteiger partial charge in [-0.2, -0.15) is 5.26 Å². The second-order valence-corrected chi connectivity index (χ2v) is 9.73. The number of nitrogens with one attached hydrogen (secondary N) is 2. The molecule has 1 aromatic heterocycles. The highest BCUT2D eigenvalue weighted by atomic mass is 35.5. The molecule has 0 radical (unpaired) electrons. The van der Waals surface area contributed by atoms with Gasteiger partial charge in [-0.25, -0.2) is 4.39 Å². The molecule has 0 spiro atoms. The topological polar surface area (TPSA) is 93.5 Å². The van der Waals surface area contributed by atoms with E-state index in [0.717, 1.165) is 26.2 Å². The Bertz CT molecular complexity index is 1430. The molecular weight excluding hydrogens is 519 g/mol. The van der Waals surface area contributed by atoms with Crippen LogP contribution in [0.4, 0.5) is 21.5 Å². The van der Waals surface area contributed by atoms with E-state index in [4.69, 9.17) is 21.3 Å². The summed E-state index contributed by atoms with van der Waals surface area (Å²) in [7, 11) is 2.11. The van der Waals surface area contributed by atoms with Gasteiger partial charge < -0.3 is 20.3 Å². The van der Waals surface area contributed by atoms with Crippen LogP contribution in [-0.4, -0.2) is 67.1 Å². The van der Waals surface area contributed by atoms with E-state index in [1.165, 1.54) is 18.2 Å². The summed E-state index contributed by atoms with van der Waals surface area (Å²) in [6, 6.07) is 10.0. The van der Waals surface area contributed by atoms with Crippen molar-refractivity contribution in [1.82, 2.24) is 14.8 Å². The summed E-state index contributed by atoms with van der Waals surface area (Å²) in [6.07, 6.45) is 3.91. The average Bonchev–Trinajstić information content (AvgIpc) is 2.92. The zero-order valence-corrected chi connectivity index (χ0v) is 23.1. The number of likely N-dealkylation sites (N-methyl/N-ethyl adjacent to an activating group) is 1. The predicted molar refractivity (Wildman–Crippen MR) is 153 cm³/mol. The number of hydrogen-bond donors (Lipinski definition) is 2. The van der Waals surface area contributed by atoms with Crippen molar-refractivity contribution in [2.45, 2.75) is 20.3 Å². The molecule has 2 aromatic carbocycles. The summed E-state index contributed by atoms with van der Waals surface area (Å²) < 4.78 is 19.6. The first kappa shape index (κ1) is 28.3. The first-order valence-corrected chi connectivity index (χ1v) is 13.3. The molecule has 0 aliphatic carbocycles. The van der Waals surface area contributed by atoms with Crippen LogP contribution in [0.25, 0.3) is 10.9 Å². The van der Waals surface area contributed by atoms with Crippen molar-refractivity contribution >= 4 is 45.5 Å². The molecule has 1 aliphatic rings. The molecule has 0 saturated carbocycles. The highest BCUT2D eigenvalue weighted by Gasteiger charge is 2.19. The number of fused-ring (bicyclic) bond motifs is 1. The fourth-order valence-electron chi connectivity index (χ4n) is 4.45. The number of pyridine rings is 1. The molecule has 4 rings (SSSR count). The molecule has 0 atom stereocenters. The molecule has 39 heavy (non-hydrogen) atoms. The number of carbonyl (C=O) groups excluding carboxylic acids is 1. The standard InChI is InChI=1S/C29H32ClFN6O2/c1-4-24-21(18-32)29(33-19-8-9-23(31)22(30)15-19)20-16-26(27(39-5-2)17-25(20)34-24)35-28(38)7-6-10-37-13-11-36(3)12-14-37/h6-9,15-17H,4-5,10-14H2,1-3H3,(H,33,34)(H,35,38)/b7-6+. The minimum Gasteiger partial charge on any atom is -0.492 e. The van der Waals surface area contributed by atoms with E-state index < -0.39 is 5.82 Å². The maximum Gasteiger partial charge on any atom is 0.248 e. The smallest absolute Gasteiger partial charge is 0.248 e. The van der Waals surface area contributed by atoms with Gasteiger partial charge in [0.15, 0.2) is 0 Å². The number of hydrogen-bond acceptors (Lipinski definition) is 7. The lowest BCUT2D eigenvalue weighted by atomic mass is 10.0. The van der Waals surface area contributed by atoms with E-state index in [2.05, 4.69) is 33.6 Å². The number of nitrogens with zero attached hydrogens (tertiary/aromatic N) is 4. The van der Waals surface area contributed by atoms with Gasteiger partial charge in [0.1, 0.15) is 17.6 Å². The molecule has 1 fully saturated rings. The maximum atomic E-state index is 13.8. The number of aromatic nitrogens is 1. The van der Waals surface area contributed by atoms with Gasteiger partial charge in [-0.05, 0) is 44.7 Å². The van der Waals surface area contributed by atoms with Crippen molar-refractivity contribution < 1.29 is 13.9 Å². The number of ether oxygens (including phenoxy) is 1. The Balaban J connectivity index is 1.69. The van der Waals surface area contributed by atoms with E-state index in [0.29, 0.717) is 64.5 Å². The van der Waals surface area contributed by atoms with Crippen LogP contribution in [0.3, 0.4) is 0 Å². The van der Waals surface area contributed by atoms with E-state index in [-0.39, 0.29) is 10.9 Å². The Hall–Kier alpha value is -3.71.